The fourth-order valence-electron chi connectivity index (χ4n) is 6.25. The molecule has 148 valence electrons. The van der Waals surface area contributed by atoms with Gasteiger partial charge in [-0.05, 0) is 50.7 Å². The van der Waals surface area contributed by atoms with Crippen LogP contribution >= 0.6 is 0 Å². The summed E-state index contributed by atoms with van der Waals surface area (Å²) < 4.78 is 12.3. The SMILES string of the molecule is Cc1ccc(CN2C[C@@H]3[C@H](CNC(=O)CC4CCCC4)[C@H]4CC[C@]3(C2)O4)o1. The topological polar surface area (TPSA) is 54.7 Å². The molecule has 0 aromatic carbocycles. The maximum Gasteiger partial charge on any atom is 0.220 e. The molecule has 1 amide bonds. The first-order valence-corrected chi connectivity index (χ1v) is 10.8. The molecule has 3 aliphatic heterocycles. The number of aryl methyl sites for hydroxylation is 1. The van der Waals surface area contributed by atoms with E-state index in [0.29, 0.717) is 23.9 Å². The van der Waals surface area contributed by atoms with Crippen LogP contribution in [0.15, 0.2) is 16.5 Å². The van der Waals surface area contributed by atoms with Gasteiger partial charge >= 0.3 is 0 Å². The van der Waals surface area contributed by atoms with Crippen molar-refractivity contribution in [3.05, 3.63) is 23.7 Å². The molecule has 4 fully saturated rings. The molecule has 5 heteroatoms. The van der Waals surface area contributed by atoms with E-state index in [2.05, 4.69) is 16.3 Å². The van der Waals surface area contributed by atoms with Gasteiger partial charge in [0.2, 0.25) is 5.91 Å². The van der Waals surface area contributed by atoms with Crippen molar-refractivity contribution in [2.75, 3.05) is 19.6 Å². The van der Waals surface area contributed by atoms with E-state index in [0.717, 1.165) is 50.5 Å². The van der Waals surface area contributed by atoms with Crippen LogP contribution in [0.2, 0.25) is 0 Å². The molecule has 2 bridgehead atoms. The second kappa shape index (κ2) is 6.93. The molecule has 1 N–H and O–H groups in total. The highest BCUT2D eigenvalue weighted by atomic mass is 16.5. The van der Waals surface area contributed by atoms with Crippen molar-refractivity contribution in [2.24, 2.45) is 17.8 Å². The van der Waals surface area contributed by atoms with Gasteiger partial charge in [0.05, 0.1) is 18.2 Å². The van der Waals surface area contributed by atoms with Crippen molar-refractivity contribution in [1.82, 2.24) is 10.2 Å². The van der Waals surface area contributed by atoms with E-state index in [4.69, 9.17) is 9.15 Å². The Bertz CT molecular complexity index is 695. The first kappa shape index (κ1) is 17.7. The molecule has 3 saturated heterocycles. The molecule has 1 aromatic heterocycles. The maximum absolute atomic E-state index is 12.4. The summed E-state index contributed by atoms with van der Waals surface area (Å²) in [5.41, 5.74) is 0.0210. The standard InChI is InChI=1S/C22H32N2O3/c1-15-6-7-17(26-15)12-24-13-19-18(20-8-9-22(19,14-24)27-20)11-23-21(25)10-16-4-2-3-5-16/h6-7,16,18-20H,2-5,8-14H2,1H3,(H,23,25)/t18-,19+,20+,22+/m0/s1. The highest BCUT2D eigenvalue weighted by Crippen LogP contribution is 2.54. The average Bonchev–Trinajstić information content (AvgIpc) is 3.41. The highest BCUT2D eigenvalue weighted by Gasteiger charge is 2.62. The summed E-state index contributed by atoms with van der Waals surface area (Å²) in [6, 6.07) is 4.12. The Morgan fingerprint density at radius 2 is 2.15 bits per heavy atom. The average molecular weight is 373 g/mol. The van der Waals surface area contributed by atoms with Crippen LogP contribution in [0.3, 0.4) is 0 Å². The molecule has 4 heterocycles. The van der Waals surface area contributed by atoms with E-state index in [9.17, 15) is 4.79 Å². The smallest absolute Gasteiger partial charge is 0.220 e. The summed E-state index contributed by atoms with van der Waals surface area (Å²) in [6.45, 7) is 5.70. The first-order chi connectivity index (χ1) is 13.1. The van der Waals surface area contributed by atoms with Crippen molar-refractivity contribution >= 4 is 5.91 Å². The Kier molecular flexibility index (Phi) is 4.55. The van der Waals surface area contributed by atoms with Crippen LogP contribution in [0.25, 0.3) is 0 Å². The summed E-state index contributed by atoms with van der Waals surface area (Å²) in [4.78, 5) is 14.9. The van der Waals surface area contributed by atoms with Gasteiger partial charge in [-0.1, -0.05) is 12.8 Å². The van der Waals surface area contributed by atoms with Crippen molar-refractivity contribution in [2.45, 2.75) is 70.1 Å². The first-order valence-electron chi connectivity index (χ1n) is 10.8. The van der Waals surface area contributed by atoms with Gasteiger partial charge < -0.3 is 14.5 Å². The number of ether oxygens (including phenoxy) is 1. The molecule has 5 nitrogen and oxygen atoms in total. The molecule has 0 unspecified atom stereocenters. The van der Waals surface area contributed by atoms with Crippen LogP contribution in [0.5, 0.6) is 0 Å². The van der Waals surface area contributed by atoms with Gasteiger partial charge in [-0.25, -0.2) is 0 Å². The lowest BCUT2D eigenvalue weighted by Gasteiger charge is -2.29. The van der Waals surface area contributed by atoms with Gasteiger partial charge in [0.25, 0.3) is 0 Å². The lowest BCUT2D eigenvalue weighted by atomic mass is 9.73. The summed E-state index contributed by atoms with van der Waals surface area (Å²) >= 11 is 0. The predicted octanol–water partition coefficient (Wildman–Crippen LogP) is 3.26. The number of carbonyl (C=O) groups excluding carboxylic acids is 1. The van der Waals surface area contributed by atoms with Crippen LogP contribution in [0, 0.1) is 24.7 Å². The Morgan fingerprint density at radius 3 is 2.93 bits per heavy atom. The summed E-state index contributed by atoms with van der Waals surface area (Å²) in [5, 5.41) is 3.26. The van der Waals surface area contributed by atoms with Crippen molar-refractivity contribution in [3.63, 3.8) is 0 Å². The van der Waals surface area contributed by atoms with Crippen LogP contribution in [-0.4, -0.2) is 42.1 Å². The van der Waals surface area contributed by atoms with Crippen LogP contribution in [0.4, 0.5) is 0 Å². The zero-order valence-corrected chi connectivity index (χ0v) is 16.4. The van der Waals surface area contributed by atoms with E-state index in [1.54, 1.807) is 0 Å². The number of carbonyl (C=O) groups is 1. The Morgan fingerprint density at radius 1 is 1.30 bits per heavy atom. The second-order valence-electron chi connectivity index (χ2n) is 9.37. The third-order valence-corrected chi connectivity index (χ3v) is 7.51. The molecule has 27 heavy (non-hydrogen) atoms. The third-order valence-electron chi connectivity index (χ3n) is 7.51. The van der Waals surface area contributed by atoms with Gasteiger partial charge in [-0.2, -0.15) is 0 Å². The van der Waals surface area contributed by atoms with Crippen molar-refractivity contribution in [1.29, 1.82) is 0 Å². The third kappa shape index (κ3) is 3.33. The molecule has 1 saturated carbocycles. The molecular weight excluding hydrogens is 340 g/mol. The van der Waals surface area contributed by atoms with Crippen molar-refractivity contribution < 1.29 is 13.9 Å². The van der Waals surface area contributed by atoms with Crippen LogP contribution in [-0.2, 0) is 16.1 Å². The number of rotatable bonds is 6. The lowest BCUT2D eigenvalue weighted by molar-refractivity contribution is -0.122. The number of hydrogen-bond donors (Lipinski definition) is 1. The molecule has 4 atom stereocenters. The molecule has 1 aliphatic carbocycles. The molecule has 5 rings (SSSR count). The molecular formula is C22H32N2O3. The molecule has 0 radical (unpaired) electrons. The van der Waals surface area contributed by atoms with Gasteiger partial charge in [0, 0.05) is 37.9 Å². The minimum absolute atomic E-state index is 0.0210. The normalized spacial score (nSPS) is 35.8. The monoisotopic (exact) mass is 372 g/mol. The summed E-state index contributed by atoms with van der Waals surface area (Å²) in [5.74, 6) is 3.89. The zero-order valence-electron chi connectivity index (χ0n) is 16.4. The van der Waals surface area contributed by atoms with Crippen LogP contribution in [0.1, 0.15) is 56.5 Å². The Labute approximate surface area is 161 Å². The quantitative estimate of drug-likeness (QED) is 0.833. The van der Waals surface area contributed by atoms with Gasteiger partial charge in [-0.3, -0.25) is 9.69 Å². The van der Waals surface area contributed by atoms with Crippen molar-refractivity contribution in [3.8, 4) is 0 Å². The molecule has 1 spiro atoms. The largest absolute Gasteiger partial charge is 0.465 e. The number of nitrogens with one attached hydrogen (secondary N) is 1. The van der Waals surface area contributed by atoms with E-state index in [1.807, 2.05) is 13.0 Å². The van der Waals surface area contributed by atoms with Gasteiger partial charge in [-0.15, -0.1) is 0 Å². The van der Waals surface area contributed by atoms with E-state index in [1.165, 1.54) is 32.1 Å². The number of furan rings is 1. The van der Waals surface area contributed by atoms with E-state index in [-0.39, 0.29) is 11.5 Å². The molecule has 4 aliphatic rings. The van der Waals surface area contributed by atoms with Gasteiger partial charge in [0.1, 0.15) is 11.5 Å². The minimum Gasteiger partial charge on any atom is -0.465 e. The lowest BCUT2D eigenvalue weighted by Crippen LogP contribution is -2.42. The Balaban J connectivity index is 1.18. The number of amides is 1. The number of hydrogen-bond acceptors (Lipinski definition) is 4. The summed E-state index contributed by atoms with van der Waals surface area (Å²) in [6.07, 6.45) is 8.44. The fraction of sp³-hybridized carbons (Fsp3) is 0.773. The van der Waals surface area contributed by atoms with E-state index >= 15 is 0 Å². The van der Waals surface area contributed by atoms with Gasteiger partial charge in [0.15, 0.2) is 0 Å². The second-order valence-corrected chi connectivity index (χ2v) is 9.37. The fourth-order valence-corrected chi connectivity index (χ4v) is 6.25. The minimum atomic E-state index is 0.0210. The number of nitrogens with zero attached hydrogens (tertiary/aromatic N) is 1. The van der Waals surface area contributed by atoms with Crippen LogP contribution < -0.4 is 5.32 Å². The zero-order chi connectivity index (χ0) is 18.4. The van der Waals surface area contributed by atoms with E-state index < -0.39 is 0 Å². The summed E-state index contributed by atoms with van der Waals surface area (Å²) in [7, 11) is 0. The number of fused-ring (bicyclic) bond motifs is 1. The predicted molar refractivity (Wildman–Crippen MR) is 102 cm³/mol. The highest BCUT2D eigenvalue weighted by molar-refractivity contribution is 5.76. The maximum atomic E-state index is 12.4. The number of likely N-dealkylation sites (tertiary alicyclic amines) is 1. The Hall–Kier alpha value is -1.33. The molecule has 1 aromatic rings.